The largest absolute Gasteiger partial charge is 0.369 e. The van der Waals surface area contributed by atoms with Crippen LogP contribution in [0.15, 0.2) is 0 Å². The molecule has 0 aliphatic rings. The van der Waals surface area contributed by atoms with E-state index in [1.165, 1.54) is 12.8 Å². The molecule has 0 radical (unpaired) electrons. The molecule has 3 nitrogen and oxygen atoms in total. The van der Waals surface area contributed by atoms with Crippen molar-refractivity contribution in [2.45, 2.75) is 52.4 Å². The van der Waals surface area contributed by atoms with Crippen molar-refractivity contribution in [1.29, 1.82) is 0 Å². The quantitative estimate of drug-likeness (QED) is 0.616. The molecule has 0 spiro atoms. The van der Waals surface area contributed by atoms with Gasteiger partial charge in [0.25, 0.3) is 0 Å². The lowest BCUT2D eigenvalue weighted by Crippen LogP contribution is -2.23. The van der Waals surface area contributed by atoms with E-state index in [2.05, 4.69) is 6.92 Å². The van der Waals surface area contributed by atoms with Crippen LogP contribution in [0.25, 0.3) is 0 Å². The Hall–Kier alpha value is -0.570. The van der Waals surface area contributed by atoms with Crippen molar-refractivity contribution >= 4 is 5.91 Å². The Balaban J connectivity index is 3.81. The molecule has 4 N–H and O–H groups in total. The Labute approximate surface area is 93.6 Å². The highest BCUT2D eigenvalue weighted by Crippen LogP contribution is 2.21. The molecular weight excluding hydrogens is 188 g/mol. The van der Waals surface area contributed by atoms with Gasteiger partial charge in [0.1, 0.15) is 0 Å². The fourth-order valence-corrected chi connectivity index (χ4v) is 1.94. The zero-order valence-corrected chi connectivity index (χ0v) is 10.2. The van der Waals surface area contributed by atoms with Gasteiger partial charge in [-0.05, 0) is 44.6 Å². The second-order valence-electron chi connectivity index (χ2n) is 4.29. The van der Waals surface area contributed by atoms with Crippen LogP contribution in [-0.4, -0.2) is 12.5 Å². The molecule has 90 valence electrons. The Kier molecular flexibility index (Phi) is 8.38. The van der Waals surface area contributed by atoms with Gasteiger partial charge in [-0.1, -0.05) is 20.3 Å². The zero-order valence-electron chi connectivity index (χ0n) is 10.2. The van der Waals surface area contributed by atoms with Crippen molar-refractivity contribution in [1.82, 2.24) is 0 Å². The standard InChI is InChI=1S/C12H26N2O/c1-3-10(6-5-9-13)7-8-11(4-2)12(14)15/h10-11H,3-9,13H2,1-2H3,(H2,14,15). The maximum absolute atomic E-state index is 11.0. The first-order chi connectivity index (χ1) is 7.15. The van der Waals surface area contributed by atoms with Crippen LogP contribution in [0, 0.1) is 11.8 Å². The molecule has 0 rings (SSSR count). The summed E-state index contributed by atoms with van der Waals surface area (Å²) >= 11 is 0. The summed E-state index contributed by atoms with van der Waals surface area (Å²) in [6.07, 6.45) is 6.36. The maximum atomic E-state index is 11.0. The summed E-state index contributed by atoms with van der Waals surface area (Å²) in [4.78, 5) is 11.0. The molecule has 0 aromatic heterocycles. The monoisotopic (exact) mass is 214 g/mol. The van der Waals surface area contributed by atoms with Gasteiger partial charge < -0.3 is 11.5 Å². The van der Waals surface area contributed by atoms with Crippen LogP contribution in [0.3, 0.4) is 0 Å². The molecule has 2 unspecified atom stereocenters. The Bertz CT molecular complexity index is 171. The zero-order chi connectivity index (χ0) is 11.7. The molecule has 0 bridgehead atoms. The van der Waals surface area contributed by atoms with Crippen molar-refractivity contribution in [2.75, 3.05) is 6.54 Å². The lowest BCUT2D eigenvalue weighted by Gasteiger charge is -2.17. The number of amides is 1. The minimum Gasteiger partial charge on any atom is -0.369 e. The first kappa shape index (κ1) is 14.4. The highest BCUT2D eigenvalue weighted by Gasteiger charge is 2.15. The van der Waals surface area contributed by atoms with Crippen LogP contribution < -0.4 is 11.5 Å². The predicted octanol–water partition coefficient (Wildman–Crippen LogP) is 2.04. The number of primary amides is 1. The van der Waals surface area contributed by atoms with Crippen LogP contribution in [0.1, 0.15) is 52.4 Å². The number of nitrogens with two attached hydrogens (primary N) is 2. The Morgan fingerprint density at radius 3 is 2.20 bits per heavy atom. The summed E-state index contributed by atoms with van der Waals surface area (Å²) in [6.45, 7) is 4.99. The van der Waals surface area contributed by atoms with Gasteiger partial charge in [0, 0.05) is 5.92 Å². The molecule has 0 saturated carbocycles. The Morgan fingerprint density at radius 2 is 1.80 bits per heavy atom. The second kappa shape index (κ2) is 8.72. The molecule has 15 heavy (non-hydrogen) atoms. The van der Waals surface area contributed by atoms with E-state index in [4.69, 9.17) is 11.5 Å². The first-order valence-electron chi connectivity index (χ1n) is 6.15. The van der Waals surface area contributed by atoms with E-state index in [-0.39, 0.29) is 11.8 Å². The van der Waals surface area contributed by atoms with Crippen molar-refractivity contribution in [3.8, 4) is 0 Å². The summed E-state index contributed by atoms with van der Waals surface area (Å²) in [7, 11) is 0. The minimum atomic E-state index is -0.147. The summed E-state index contributed by atoms with van der Waals surface area (Å²) in [6, 6.07) is 0. The summed E-state index contributed by atoms with van der Waals surface area (Å²) < 4.78 is 0. The van der Waals surface area contributed by atoms with Gasteiger partial charge in [0.2, 0.25) is 5.91 Å². The lowest BCUT2D eigenvalue weighted by atomic mass is 9.89. The number of carbonyl (C=O) groups is 1. The van der Waals surface area contributed by atoms with Crippen molar-refractivity contribution in [3.63, 3.8) is 0 Å². The molecule has 1 amide bonds. The van der Waals surface area contributed by atoms with Gasteiger partial charge in [-0.15, -0.1) is 0 Å². The molecule has 0 aliphatic heterocycles. The second-order valence-corrected chi connectivity index (χ2v) is 4.29. The SMILES string of the molecule is CCC(CCCN)CCC(CC)C(N)=O. The van der Waals surface area contributed by atoms with Crippen LogP contribution >= 0.6 is 0 Å². The highest BCUT2D eigenvalue weighted by molar-refractivity contribution is 5.76. The van der Waals surface area contributed by atoms with E-state index in [1.54, 1.807) is 0 Å². The van der Waals surface area contributed by atoms with Crippen molar-refractivity contribution in [3.05, 3.63) is 0 Å². The van der Waals surface area contributed by atoms with Gasteiger partial charge in [-0.25, -0.2) is 0 Å². The molecule has 0 aromatic carbocycles. The predicted molar refractivity (Wildman–Crippen MR) is 64.3 cm³/mol. The van der Waals surface area contributed by atoms with Crippen LogP contribution in [-0.2, 0) is 4.79 Å². The molecule has 2 atom stereocenters. The van der Waals surface area contributed by atoms with E-state index in [9.17, 15) is 4.79 Å². The highest BCUT2D eigenvalue weighted by atomic mass is 16.1. The lowest BCUT2D eigenvalue weighted by molar-refractivity contribution is -0.122. The topological polar surface area (TPSA) is 69.1 Å². The van der Waals surface area contributed by atoms with Gasteiger partial charge >= 0.3 is 0 Å². The maximum Gasteiger partial charge on any atom is 0.220 e. The average Bonchev–Trinajstić information content (AvgIpc) is 2.23. The Morgan fingerprint density at radius 1 is 1.13 bits per heavy atom. The van der Waals surface area contributed by atoms with E-state index < -0.39 is 0 Å². The number of rotatable bonds is 9. The fourth-order valence-electron chi connectivity index (χ4n) is 1.94. The van der Waals surface area contributed by atoms with Crippen molar-refractivity contribution < 1.29 is 4.79 Å². The van der Waals surface area contributed by atoms with Gasteiger partial charge in [-0.3, -0.25) is 4.79 Å². The minimum absolute atomic E-state index is 0.0666. The molecular formula is C12H26N2O. The number of carbonyl (C=O) groups excluding carboxylic acids is 1. The van der Waals surface area contributed by atoms with Crippen LogP contribution in [0.4, 0.5) is 0 Å². The first-order valence-corrected chi connectivity index (χ1v) is 6.15. The fraction of sp³-hybridized carbons (Fsp3) is 0.917. The van der Waals surface area contributed by atoms with Gasteiger partial charge in [0.05, 0.1) is 0 Å². The molecule has 3 heteroatoms. The normalized spacial score (nSPS) is 14.9. The average molecular weight is 214 g/mol. The van der Waals surface area contributed by atoms with Crippen molar-refractivity contribution in [2.24, 2.45) is 23.3 Å². The van der Waals surface area contributed by atoms with Crippen LogP contribution in [0.2, 0.25) is 0 Å². The number of hydrogen-bond acceptors (Lipinski definition) is 2. The van der Waals surface area contributed by atoms with E-state index in [0.29, 0.717) is 5.92 Å². The third-order valence-corrected chi connectivity index (χ3v) is 3.21. The van der Waals surface area contributed by atoms with Crippen LogP contribution in [0.5, 0.6) is 0 Å². The van der Waals surface area contributed by atoms with E-state index in [1.807, 2.05) is 6.92 Å². The van der Waals surface area contributed by atoms with Gasteiger partial charge in [-0.2, -0.15) is 0 Å². The molecule has 0 heterocycles. The molecule has 0 aliphatic carbocycles. The third kappa shape index (κ3) is 6.50. The number of hydrogen-bond donors (Lipinski definition) is 2. The summed E-state index contributed by atoms with van der Waals surface area (Å²) in [5.74, 6) is 0.630. The molecule has 0 saturated heterocycles. The van der Waals surface area contributed by atoms with E-state index in [0.717, 1.165) is 32.2 Å². The smallest absolute Gasteiger partial charge is 0.220 e. The molecule has 0 fully saturated rings. The summed E-state index contributed by atoms with van der Waals surface area (Å²) in [5, 5.41) is 0. The van der Waals surface area contributed by atoms with Gasteiger partial charge in [0.15, 0.2) is 0 Å². The van der Waals surface area contributed by atoms with E-state index >= 15 is 0 Å². The molecule has 0 aromatic rings. The third-order valence-electron chi connectivity index (χ3n) is 3.21. The summed E-state index contributed by atoms with van der Waals surface area (Å²) in [5.41, 5.74) is 10.8.